The van der Waals surface area contributed by atoms with Crippen LogP contribution in [0.3, 0.4) is 0 Å². The molecule has 5 nitrogen and oxygen atoms in total. The Bertz CT molecular complexity index is 762. The Morgan fingerprint density at radius 3 is 2.74 bits per heavy atom. The van der Waals surface area contributed by atoms with E-state index < -0.39 is 0 Å². The summed E-state index contributed by atoms with van der Waals surface area (Å²) in [5.74, 6) is -0.0702. The first kappa shape index (κ1) is 17.5. The van der Waals surface area contributed by atoms with Crippen LogP contribution in [0.5, 0.6) is 0 Å². The van der Waals surface area contributed by atoms with Gasteiger partial charge in [0.25, 0.3) is 5.91 Å². The summed E-state index contributed by atoms with van der Waals surface area (Å²) in [6, 6.07) is 7.33. The Balaban J connectivity index is 2.16. The van der Waals surface area contributed by atoms with Gasteiger partial charge in [-0.15, -0.1) is 23.1 Å². The zero-order chi connectivity index (χ0) is 16.8. The molecule has 0 aliphatic carbocycles. The van der Waals surface area contributed by atoms with Crippen LogP contribution >= 0.6 is 23.1 Å². The first-order valence-corrected chi connectivity index (χ1v) is 9.04. The normalized spacial score (nSPS) is 11.7. The summed E-state index contributed by atoms with van der Waals surface area (Å²) in [5, 5.41) is 4.71. The third-order valence-electron chi connectivity index (χ3n) is 2.88. The molecule has 1 N–H and O–H groups in total. The molecule has 0 atom stereocenters. The van der Waals surface area contributed by atoms with Gasteiger partial charge >= 0.3 is 0 Å². The van der Waals surface area contributed by atoms with Crippen LogP contribution in [0.15, 0.2) is 45.7 Å². The van der Waals surface area contributed by atoms with Gasteiger partial charge in [-0.25, -0.2) is 0 Å². The third-order valence-corrected chi connectivity index (χ3v) is 4.80. The van der Waals surface area contributed by atoms with Crippen molar-refractivity contribution in [1.82, 2.24) is 9.88 Å². The van der Waals surface area contributed by atoms with Crippen molar-refractivity contribution in [3.05, 3.63) is 46.2 Å². The number of carbonyl (C=O) groups excluding carboxylic acids is 2. The van der Waals surface area contributed by atoms with E-state index in [0.29, 0.717) is 10.4 Å². The molecule has 2 rings (SSSR count). The maximum absolute atomic E-state index is 12.4. The van der Waals surface area contributed by atoms with Crippen LogP contribution in [0.2, 0.25) is 0 Å². The van der Waals surface area contributed by atoms with Crippen molar-refractivity contribution in [1.29, 1.82) is 0 Å². The quantitative estimate of drug-likeness (QED) is 0.844. The molecular weight excluding hydrogens is 330 g/mol. The third kappa shape index (κ3) is 5.07. The molecule has 23 heavy (non-hydrogen) atoms. The number of thioether (sulfide) groups is 1. The molecule has 7 heteroatoms. The van der Waals surface area contributed by atoms with Gasteiger partial charge in [-0.3, -0.25) is 9.59 Å². The summed E-state index contributed by atoms with van der Waals surface area (Å²) in [6.45, 7) is 3.83. The van der Waals surface area contributed by atoms with E-state index in [-0.39, 0.29) is 23.6 Å². The lowest BCUT2D eigenvalue weighted by atomic mass is 10.2. The Morgan fingerprint density at radius 2 is 2.09 bits per heavy atom. The maximum Gasteiger partial charge on any atom is 0.280 e. The van der Waals surface area contributed by atoms with Gasteiger partial charge in [-0.1, -0.05) is 12.1 Å². The van der Waals surface area contributed by atoms with Crippen LogP contribution in [0.1, 0.15) is 24.2 Å². The number of hydrogen-bond acceptors (Lipinski definition) is 4. The van der Waals surface area contributed by atoms with E-state index in [1.54, 1.807) is 16.7 Å². The SMILES string of the molecule is CC(C)NC(=O)CSc1ccccc1C(=O)N=c1sccn1C. The zero-order valence-electron chi connectivity index (χ0n) is 13.3. The molecule has 0 unspecified atom stereocenters. The maximum atomic E-state index is 12.4. The fourth-order valence-corrected chi connectivity index (χ4v) is 3.44. The molecule has 1 heterocycles. The monoisotopic (exact) mass is 349 g/mol. The fraction of sp³-hybridized carbons (Fsp3) is 0.312. The van der Waals surface area contributed by atoms with Crippen molar-refractivity contribution in [2.24, 2.45) is 12.0 Å². The molecule has 0 aliphatic rings. The molecule has 0 spiro atoms. The van der Waals surface area contributed by atoms with Gasteiger partial charge in [0, 0.05) is 29.6 Å². The molecule has 0 bridgehead atoms. The van der Waals surface area contributed by atoms with Crippen LogP contribution in [0.4, 0.5) is 0 Å². The number of aromatic nitrogens is 1. The van der Waals surface area contributed by atoms with Gasteiger partial charge in [0.15, 0.2) is 4.80 Å². The van der Waals surface area contributed by atoms with Gasteiger partial charge in [0.2, 0.25) is 5.91 Å². The largest absolute Gasteiger partial charge is 0.353 e. The molecular formula is C16H19N3O2S2. The highest BCUT2D eigenvalue weighted by Crippen LogP contribution is 2.23. The second-order valence-corrected chi connectivity index (χ2v) is 7.11. The van der Waals surface area contributed by atoms with Crippen LogP contribution in [-0.4, -0.2) is 28.2 Å². The lowest BCUT2D eigenvalue weighted by molar-refractivity contribution is -0.119. The Morgan fingerprint density at radius 1 is 1.35 bits per heavy atom. The standard InChI is InChI=1S/C16H19N3O2S2/c1-11(2)17-14(20)10-23-13-7-5-4-6-12(13)15(21)18-16-19(3)8-9-22-16/h4-9,11H,10H2,1-3H3,(H,17,20). The minimum absolute atomic E-state index is 0.0474. The molecule has 0 fully saturated rings. The fourth-order valence-electron chi connectivity index (χ4n) is 1.86. The van der Waals surface area contributed by atoms with Gasteiger partial charge in [-0.05, 0) is 26.0 Å². The number of nitrogens with one attached hydrogen (secondary N) is 1. The predicted octanol–water partition coefficient (Wildman–Crippen LogP) is 2.44. The summed E-state index contributed by atoms with van der Waals surface area (Å²) in [7, 11) is 1.85. The number of nitrogens with zero attached hydrogens (tertiary/aromatic N) is 2. The molecule has 1 aromatic carbocycles. The molecule has 0 saturated heterocycles. The molecule has 2 aromatic rings. The van der Waals surface area contributed by atoms with Crippen molar-refractivity contribution in [3.63, 3.8) is 0 Å². The van der Waals surface area contributed by atoms with Crippen LogP contribution < -0.4 is 10.1 Å². The molecule has 0 radical (unpaired) electrons. The van der Waals surface area contributed by atoms with Crippen molar-refractivity contribution < 1.29 is 9.59 Å². The highest BCUT2D eigenvalue weighted by atomic mass is 32.2. The van der Waals surface area contributed by atoms with E-state index in [1.165, 1.54) is 23.1 Å². The van der Waals surface area contributed by atoms with Gasteiger partial charge < -0.3 is 9.88 Å². The zero-order valence-corrected chi connectivity index (χ0v) is 14.9. The lowest BCUT2D eigenvalue weighted by Gasteiger charge is -2.09. The van der Waals surface area contributed by atoms with Crippen LogP contribution in [0, 0.1) is 0 Å². The highest BCUT2D eigenvalue weighted by molar-refractivity contribution is 8.00. The minimum Gasteiger partial charge on any atom is -0.353 e. The number of aryl methyl sites for hydroxylation is 1. The summed E-state index contributed by atoms with van der Waals surface area (Å²) < 4.78 is 1.80. The summed E-state index contributed by atoms with van der Waals surface area (Å²) in [5.41, 5.74) is 0.517. The van der Waals surface area contributed by atoms with E-state index in [2.05, 4.69) is 10.3 Å². The number of hydrogen-bond donors (Lipinski definition) is 1. The van der Waals surface area contributed by atoms with Crippen molar-refractivity contribution in [3.8, 4) is 0 Å². The molecule has 0 saturated carbocycles. The van der Waals surface area contributed by atoms with Gasteiger partial charge in [0.05, 0.1) is 11.3 Å². The summed E-state index contributed by atoms with van der Waals surface area (Å²) in [6.07, 6.45) is 1.85. The van der Waals surface area contributed by atoms with E-state index in [0.717, 1.165) is 4.90 Å². The average Bonchev–Trinajstić information content (AvgIpc) is 2.90. The number of thiazole rings is 1. The lowest BCUT2D eigenvalue weighted by Crippen LogP contribution is -2.31. The molecule has 0 aliphatic heterocycles. The predicted molar refractivity (Wildman–Crippen MR) is 93.6 cm³/mol. The second kappa shape index (κ2) is 8.12. The molecule has 1 aromatic heterocycles. The van der Waals surface area contributed by atoms with Crippen LogP contribution in [-0.2, 0) is 11.8 Å². The Hall–Kier alpha value is -1.86. The summed E-state index contributed by atoms with van der Waals surface area (Å²) in [4.78, 5) is 29.7. The number of carbonyl (C=O) groups is 2. The number of amides is 2. The summed E-state index contributed by atoms with van der Waals surface area (Å²) >= 11 is 2.75. The molecule has 2 amide bonds. The second-order valence-electron chi connectivity index (χ2n) is 5.22. The van der Waals surface area contributed by atoms with Gasteiger partial charge in [0.1, 0.15) is 0 Å². The minimum atomic E-state index is -0.296. The van der Waals surface area contributed by atoms with Gasteiger partial charge in [-0.2, -0.15) is 4.99 Å². The smallest absolute Gasteiger partial charge is 0.280 e. The number of benzene rings is 1. The average molecular weight is 349 g/mol. The Labute approximate surface area is 143 Å². The highest BCUT2D eigenvalue weighted by Gasteiger charge is 2.12. The van der Waals surface area contributed by atoms with Crippen molar-refractivity contribution >= 4 is 34.9 Å². The van der Waals surface area contributed by atoms with E-state index in [4.69, 9.17) is 0 Å². The van der Waals surface area contributed by atoms with E-state index in [9.17, 15) is 9.59 Å². The van der Waals surface area contributed by atoms with Crippen molar-refractivity contribution in [2.75, 3.05) is 5.75 Å². The topological polar surface area (TPSA) is 63.5 Å². The van der Waals surface area contributed by atoms with Crippen molar-refractivity contribution in [2.45, 2.75) is 24.8 Å². The molecule has 122 valence electrons. The Kier molecular flexibility index (Phi) is 6.18. The number of rotatable bonds is 5. The van der Waals surface area contributed by atoms with Crippen LogP contribution in [0.25, 0.3) is 0 Å². The first-order valence-electron chi connectivity index (χ1n) is 7.17. The van der Waals surface area contributed by atoms with E-state index >= 15 is 0 Å². The first-order chi connectivity index (χ1) is 11.0. The van der Waals surface area contributed by atoms with E-state index in [1.807, 2.05) is 44.6 Å².